The second-order valence-electron chi connectivity index (χ2n) is 6.45. The first-order valence-electron chi connectivity index (χ1n) is 9.17. The number of aryl methyl sites for hydroxylation is 1. The van der Waals surface area contributed by atoms with E-state index in [1.807, 2.05) is 25.1 Å². The molecule has 0 heterocycles. The molecule has 3 rings (SSSR count). The van der Waals surface area contributed by atoms with E-state index in [4.69, 9.17) is 9.47 Å². The Kier molecular flexibility index (Phi) is 6.53. The number of benzene rings is 3. The molecule has 0 fully saturated rings. The standard InChI is InChI=1S/C24H20O5/c1-17-6-5-9-20(16-17)23(26)18-10-12-21(13-11-18)28-15-14-22(25)29-24(27)19-7-3-2-4-8-19/h2-13,16H,14-15H2,1H3. The van der Waals surface area contributed by atoms with Gasteiger partial charge in [0.05, 0.1) is 18.6 Å². The molecule has 3 aromatic rings. The van der Waals surface area contributed by atoms with Crippen LogP contribution in [0.15, 0.2) is 78.9 Å². The first-order valence-corrected chi connectivity index (χ1v) is 9.17. The van der Waals surface area contributed by atoms with Crippen LogP contribution in [0, 0.1) is 6.92 Å². The van der Waals surface area contributed by atoms with Crippen LogP contribution in [0.2, 0.25) is 0 Å². The highest BCUT2D eigenvalue weighted by molar-refractivity contribution is 6.09. The summed E-state index contributed by atoms with van der Waals surface area (Å²) in [7, 11) is 0. The summed E-state index contributed by atoms with van der Waals surface area (Å²) in [5.74, 6) is -0.893. The van der Waals surface area contributed by atoms with E-state index >= 15 is 0 Å². The molecule has 0 saturated carbocycles. The summed E-state index contributed by atoms with van der Waals surface area (Å²) in [5, 5.41) is 0. The number of hydrogen-bond acceptors (Lipinski definition) is 5. The third-order valence-electron chi connectivity index (χ3n) is 4.19. The molecule has 0 bridgehead atoms. The third-order valence-corrected chi connectivity index (χ3v) is 4.19. The van der Waals surface area contributed by atoms with Gasteiger partial charge in [-0.05, 0) is 49.4 Å². The lowest BCUT2D eigenvalue weighted by atomic mass is 10.0. The highest BCUT2D eigenvalue weighted by Crippen LogP contribution is 2.16. The van der Waals surface area contributed by atoms with Gasteiger partial charge >= 0.3 is 11.9 Å². The van der Waals surface area contributed by atoms with Crippen molar-refractivity contribution in [1.29, 1.82) is 0 Å². The summed E-state index contributed by atoms with van der Waals surface area (Å²) >= 11 is 0. The summed E-state index contributed by atoms with van der Waals surface area (Å²) in [6, 6.07) is 22.4. The zero-order valence-electron chi connectivity index (χ0n) is 16.0. The topological polar surface area (TPSA) is 69.7 Å². The minimum absolute atomic E-state index is 0.0616. The normalized spacial score (nSPS) is 10.2. The first-order chi connectivity index (χ1) is 14.0. The van der Waals surface area contributed by atoms with Gasteiger partial charge in [-0.3, -0.25) is 9.59 Å². The summed E-state index contributed by atoms with van der Waals surface area (Å²) in [6.07, 6.45) is -0.0669. The highest BCUT2D eigenvalue weighted by atomic mass is 16.6. The summed E-state index contributed by atoms with van der Waals surface area (Å²) < 4.78 is 10.3. The smallest absolute Gasteiger partial charge is 0.345 e. The number of carbonyl (C=O) groups excluding carboxylic acids is 3. The van der Waals surface area contributed by atoms with E-state index in [9.17, 15) is 14.4 Å². The van der Waals surface area contributed by atoms with Crippen LogP contribution >= 0.6 is 0 Å². The number of carbonyl (C=O) groups is 3. The van der Waals surface area contributed by atoms with Crippen molar-refractivity contribution < 1.29 is 23.9 Å². The highest BCUT2D eigenvalue weighted by Gasteiger charge is 2.13. The Balaban J connectivity index is 1.48. The first kappa shape index (κ1) is 20.0. The van der Waals surface area contributed by atoms with Gasteiger partial charge < -0.3 is 9.47 Å². The predicted octanol–water partition coefficient (Wildman–Crippen LogP) is 4.38. The monoisotopic (exact) mass is 388 g/mol. The molecular weight excluding hydrogens is 368 g/mol. The Hall–Kier alpha value is -3.73. The maximum Gasteiger partial charge on any atom is 0.345 e. The fraction of sp³-hybridized carbons (Fsp3) is 0.125. The SMILES string of the molecule is Cc1cccc(C(=O)c2ccc(OCCC(=O)OC(=O)c3ccccc3)cc2)c1. The molecule has 0 aromatic heterocycles. The van der Waals surface area contributed by atoms with Crippen molar-refractivity contribution in [3.05, 3.63) is 101 Å². The molecule has 3 aromatic carbocycles. The van der Waals surface area contributed by atoms with E-state index in [1.165, 1.54) is 0 Å². The minimum atomic E-state index is -0.686. The van der Waals surface area contributed by atoms with E-state index < -0.39 is 11.9 Å². The zero-order valence-corrected chi connectivity index (χ0v) is 16.0. The molecule has 0 amide bonds. The molecular formula is C24H20O5. The van der Waals surface area contributed by atoms with Crippen LogP contribution in [-0.2, 0) is 9.53 Å². The fourth-order valence-electron chi connectivity index (χ4n) is 2.70. The molecule has 0 aliphatic carbocycles. The van der Waals surface area contributed by atoms with Gasteiger partial charge in [-0.2, -0.15) is 0 Å². The van der Waals surface area contributed by atoms with Gasteiger partial charge in [-0.1, -0.05) is 42.0 Å². The van der Waals surface area contributed by atoms with Gasteiger partial charge in [0.1, 0.15) is 5.75 Å². The Morgan fingerprint density at radius 1 is 0.759 bits per heavy atom. The summed E-state index contributed by atoms with van der Waals surface area (Å²) in [5.41, 5.74) is 2.52. The van der Waals surface area contributed by atoms with Crippen molar-refractivity contribution in [2.45, 2.75) is 13.3 Å². The molecule has 0 saturated heterocycles. The second kappa shape index (κ2) is 9.46. The van der Waals surface area contributed by atoms with Gasteiger partial charge in [0, 0.05) is 11.1 Å². The lowest BCUT2D eigenvalue weighted by Gasteiger charge is -2.07. The Labute approximate surface area is 168 Å². The van der Waals surface area contributed by atoms with Crippen molar-refractivity contribution in [2.24, 2.45) is 0 Å². The molecule has 0 radical (unpaired) electrons. The number of ketones is 1. The number of rotatable bonds is 7. The van der Waals surface area contributed by atoms with E-state index in [1.54, 1.807) is 60.7 Å². The van der Waals surface area contributed by atoms with E-state index in [-0.39, 0.29) is 18.8 Å². The van der Waals surface area contributed by atoms with Crippen LogP contribution in [0.25, 0.3) is 0 Å². The predicted molar refractivity (Wildman–Crippen MR) is 108 cm³/mol. The molecule has 0 unspecified atom stereocenters. The van der Waals surface area contributed by atoms with Crippen molar-refractivity contribution >= 4 is 17.7 Å². The Bertz CT molecular complexity index is 1010. The van der Waals surface area contributed by atoms with Gasteiger partial charge in [0.2, 0.25) is 0 Å². The van der Waals surface area contributed by atoms with Gasteiger partial charge in [-0.15, -0.1) is 0 Å². The Morgan fingerprint density at radius 2 is 1.45 bits per heavy atom. The van der Waals surface area contributed by atoms with Crippen LogP contribution in [0.4, 0.5) is 0 Å². The molecule has 0 aliphatic heterocycles. The lowest BCUT2D eigenvalue weighted by molar-refractivity contribution is -0.138. The Morgan fingerprint density at radius 3 is 2.14 bits per heavy atom. The van der Waals surface area contributed by atoms with E-state index in [0.29, 0.717) is 22.4 Å². The average Bonchev–Trinajstić information content (AvgIpc) is 2.74. The maximum absolute atomic E-state index is 12.5. The van der Waals surface area contributed by atoms with Crippen molar-refractivity contribution in [3.63, 3.8) is 0 Å². The number of esters is 2. The van der Waals surface area contributed by atoms with Crippen LogP contribution in [0.1, 0.15) is 38.3 Å². The molecule has 5 heteroatoms. The molecule has 0 N–H and O–H groups in total. The lowest BCUT2D eigenvalue weighted by Crippen LogP contribution is -2.15. The summed E-state index contributed by atoms with van der Waals surface area (Å²) in [6.45, 7) is 2.00. The molecule has 0 spiro atoms. The zero-order chi connectivity index (χ0) is 20.6. The third kappa shape index (κ3) is 5.62. The van der Waals surface area contributed by atoms with E-state index in [2.05, 4.69) is 0 Å². The average molecular weight is 388 g/mol. The van der Waals surface area contributed by atoms with Gasteiger partial charge in [0.25, 0.3) is 0 Å². The van der Waals surface area contributed by atoms with Crippen LogP contribution in [0.3, 0.4) is 0 Å². The molecule has 29 heavy (non-hydrogen) atoms. The number of ether oxygens (including phenoxy) is 2. The molecule has 146 valence electrons. The quantitative estimate of drug-likeness (QED) is 0.341. The van der Waals surface area contributed by atoms with E-state index in [0.717, 1.165) is 5.56 Å². The minimum Gasteiger partial charge on any atom is -0.493 e. The molecule has 0 aliphatic rings. The summed E-state index contributed by atoms with van der Waals surface area (Å²) in [4.78, 5) is 36.1. The van der Waals surface area contributed by atoms with Crippen LogP contribution < -0.4 is 4.74 Å². The van der Waals surface area contributed by atoms with Crippen molar-refractivity contribution in [1.82, 2.24) is 0 Å². The fourth-order valence-corrected chi connectivity index (χ4v) is 2.70. The molecule has 0 atom stereocenters. The largest absolute Gasteiger partial charge is 0.493 e. The van der Waals surface area contributed by atoms with Gasteiger partial charge in [-0.25, -0.2) is 4.79 Å². The van der Waals surface area contributed by atoms with Crippen molar-refractivity contribution in [2.75, 3.05) is 6.61 Å². The number of hydrogen-bond donors (Lipinski definition) is 0. The van der Waals surface area contributed by atoms with Gasteiger partial charge in [0.15, 0.2) is 5.78 Å². The van der Waals surface area contributed by atoms with Crippen LogP contribution in [0.5, 0.6) is 5.75 Å². The second-order valence-corrected chi connectivity index (χ2v) is 6.45. The van der Waals surface area contributed by atoms with Crippen LogP contribution in [-0.4, -0.2) is 24.3 Å². The molecule has 5 nitrogen and oxygen atoms in total. The van der Waals surface area contributed by atoms with Crippen molar-refractivity contribution in [3.8, 4) is 5.75 Å². The maximum atomic E-state index is 12.5.